The monoisotopic (exact) mass is 259 g/mol. The fraction of sp³-hybridized carbons (Fsp3) is 0.429. The summed E-state index contributed by atoms with van der Waals surface area (Å²) in [6.45, 7) is 2.53. The van der Waals surface area contributed by atoms with E-state index in [0.29, 0.717) is 19.2 Å². The van der Waals surface area contributed by atoms with Gasteiger partial charge in [-0.3, -0.25) is 4.79 Å². The second kappa shape index (κ2) is 5.01. The number of carbonyl (C=O) groups excluding carboxylic acids is 1. The molecule has 2 N–H and O–H groups in total. The third-order valence-corrected chi connectivity index (χ3v) is 3.18. The minimum atomic E-state index is -0.201. The number of rotatable bonds is 5. The summed E-state index contributed by atoms with van der Waals surface area (Å²) < 4.78 is 5.23. The zero-order valence-electron chi connectivity index (χ0n) is 10.9. The topological polar surface area (TPSA) is 67.0 Å². The highest BCUT2D eigenvalue weighted by Gasteiger charge is 2.21. The quantitative estimate of drug-likeness (QED) is 0.801. The number of carbonyl (C=O) groups is 1. The van der Waals surface area contributed by atoms with Gasteiger partial charge >= 0.3 is 5.97 Å². The maximum atomic E-state index is 11.5. The van der Waals surface area contributed by atoms with Crippen LogP contribution >= 0.6 is 0 Å². The molecule has 1 fully saturated rings. The molecule has 1 aromatic heterocycles. The molecule has 0 bridgehead atoms. The van der Waals surface area contributed by atoms with Crippen LogP contribution in [0.4, 0.5) is 0 Å². The molecule has 100 valence electrons. The molecule has 2 aromatic rings. The minimum absolute atomic E-state index is 0.201. The molecule has 0 saturated heterocycles. The van der Waals surface area contributed by atoms with E-state index in [1.807, 2.05) is 25.1 Å². The fourth-order valence-electron chi connectivity index (χ4n) is 2.00. The number of esters is 1. The molecular weight excluding hydrogens is 242 g/mol. The molecule has 19 heavy (non-hydrogen) atoms. The Morgan fingerprint density at radius 1 is 1.53 bits per heavy atom. The Labute approximate surface area is 111 Å². The third-order valence-electron chi connectivity index (χ3n) is 3.18. The summed E-state index contributed by atoms with van der Waals surface area (Å²) in [7, 11) is 0. The van der Waals surface area contributed by atoms with Crippen LogP contribution in [-0.2, 0) is 16.1 Å². The van der Waals surface area contributed by atoms with Crippen LogP contribution in [0.2, 0.25) is 0 Å². The number of hydrogen-bond donors (Lipinski definition) is 2. The van der Waals surface area contributed by atoms with Gasteiger partial charge in [-0.05, 0) is 37.5 Å². The zero-order chi connectivity index (χ0) is 13.2. The summed E-state index contributed by atoms with van der Waals surface area (Å²) in [6.07, 6.45) is 2.34. The van der Waals surface area contributed by atoms with Crippen LogP contribution in [0.1, 0.15) is 24.2 Å². The van der Waals surface area contributed by atoms with E-state index in [1.165, 1.54) is 12.8 Å². The number of aryl methyl sites for hydroxylation is 1. The normalized spacial score (nSPS) is 14.8. The van der Waals surface area contributed by atoms with Crippen molar-refractivity contribution in [1.29, 1.82) is 0 Å². The van der Waals surface area contributed by atoms with Gasteiger partial charge in [0, 0.05) is 6.04 Å². The maximum absolute atomic E-state index is 11.5. The first-order valence-corrected chi connectivity index (χ1v) is 6.55. The molecule has 1 saturated carbocycles. The van der Waals surface area contributed by atoms with Gasteiger partial charge in [-0.2, -0.15) is 0 Å². The number of imidazole rings is 1. The SMILES string of the molecule is Cc1nc2ccc(COC(=O)CNC3CC3)cc2[nH]1. The van der Waals surface area contributed by atoms with Crippen molar-refractivity contribution >= 4 is 17.0 Å². The average molecular weight is 259 g/mol. The summed E-state index contributed by atoms with van der Waals surface area (Å²) in [6, 6.07) is 6.36. The largest absolute Gasteiger partial charge is 0.460 e. The standard InChI is InChI=1S/C14H17N3O2/c1-9-16-12-5-2-10(6-13(12)17-9)8-19-14(18)7-15-11-3-4-11/h2,5-6,11,15H,3-4,7-8H2,1H3,(H,16,17). The predicted octanol–water partition coefficient (Wildman–Crippen LogP) is 1.67. The van der Waals surface area contributed by atoms with Crippen molar-refractivity contribution in [3.05, 3.63) is 29.6 Å². The summed E-state index contributed by atoms with van der Waals surface area (Å²) >= 11 is 0. The van der Waals surface area contributed by atoms with Gasteiger partial charge in [0.2, 0.25) is 0 Å². The molecule has 0 amide bonds. The van der Waals surface area contributed by atoms with Crippen LogP contribution in [-0.4, -0.2) is 28.5 Å². The van der Waals surface area contributed by atoms with Crippen LogP contribution in [0.25, 0.3) is 11.0 Å². The van der Waals surface area contributed by atoms with Crippen molar-refractivity contribution in [3.63, 3.8) is 0 Å². The molecule has 3 rings (SSSR count). The molecule has 5 heteroatoms. The Bertz CT molecular complexity index is 602. The number of aromatic nitrogens is 2. The van der Waals surface area contributed by atoms with Crippen LogP contribution in [0, 0.1) is 6.92 Å². The first kappa shape index (κ1) is 12.2. The molecule has 0 radical (unpaired) electrons. The molecular formula is C14H17N3O2. The molecule has 5 nitrogen and oxygen atoms in total. The Hall–Kier alpha value is -1.88. The van der Waals surface area contributed by atoms with Gasteiger partial charge < -0.3 is 15.0 Å². The van der Waals surface area contributed by atoms with Crippen molar-refractivity contribution in [3.8, 4) is 0 Å². The molecule has 0 aliphatic heterocycles. The highest BCUT2D eigenvalue weighted by molar-refractivity contribution is 5.76. The van der Waals surface area contributed by atoms with Crippen molar-refractivity contribution in [2.24, 2.45) is 0 Å². The van der Waals surface area contributed by atoms with Crippen LogP contribution < -0.4 is 5.32 Å². The molecule has 0 unspecified atom stereocenters. The molecule has 1 aliphatic rings. The van der Waals surface area contributed by atoms with Gasteiger partial charge in [0.05, 0.1) is 17.6 Å². The molecule has 1 heterocycles. The van der Waals surface area contributed by atoms with E-state index in [-0.39, 0.29) is 5.97 Å². The Morgan fingerprint density at radius 2 is 2.37 bits per heavy atom. The smallest absolute Gasteiger partial charge is 0.320 e. The van der Waals surface area contributed by atoms with Gasteiger partial charge in [0.25, 0.3) is 0 Å². The van der Waals surface area contributed by atoms with Crippen LogP contribution in [0.5, 0.6) is 0 Å². The van der Waals surface area contributed by atoms with Gasteiger partial charge in [-0.15, -0.1) is 0 Å². The first-order valence-electron chi connectivity index (χ1n) is 6.55. The van der Waals surface area contributed by atoms with E-state index in [1.54, 1.807) is 0 Å². The van der Waals surface area contributed by atoms with Gasteiger partial charge in [-0.25, -0.2) is 4.98 Å². The minimum Gasteiger partial charge on any atom is -0.460 e. The summed E-state index contributed by atoms with van der Waals surface area (Å²) in [5, 5.41) is 3.13. The van der Waals surface area contributed by atoms with Crippen molar-refractivity contribution in [2.75, 3.05) is 6.54 Å². The number of ether oxygens (including phenoxy) is 1. The van der Waals surface area contributed by atoms with Crippen molar-refractivity contribution in [1.82, 2.24) is 15.3 Å². The molecule has 0 atom stereocenters. The molecule has 1 aromatic carbocycles. The lowest BCUT2D eigenvalue weighted by molar-refractivity contribution is -0.143. The number of nitrogens with zero attached hydrogens (tertiary/aromatic N) is 1. The Morgan fingerprint density at radius 3 is 3.16 bits per heavy atom. The second-order valence-electron chi connectivity index (χ2n) is 4.99. The van der Waals surface area contributed by atoms with E-state index in [9.17, 15) is 4.79 Å². The lowest BCUT2D eigenvalue weighted by Crippen LogP contribution is -2.26. The van der Waals surface area contributed by atoms with E-state index >= 15 is 0 Å². The summed E-state index contributed by atoms with van der Waals surface area (Å²) in [5.41, 5.74) is 2.88. The van der Waals surface area contributed by atoms with Crippen molar-refractivity contribution in [2.45, 2.75) is 32.4 Å². The number of benzene rings is 1. The lowest BCUT2D eigenvalue weighted by Gasteiger charge is -2.05. The summed E-state index contributed by atoms with van der Waals surface area (Å²) in [4.78, 5) is 19.0. The maximum Gasteiger partial charge on any atom is 0.320 e. The Balaban J connectivity index is 1.56. The molecule has 1 aliphatic carbocycles. The third kappa shape index (κ3) is 3.12. The van der Waals surface area contributed by atoms with E-state index in [2.05, 4.69) is 15.3 Å². The first-order chi connectivity index (χ1) is 9.20. The number of nitrogens with one attached hydrogen (secondary N) is 2. The van der Waals surface area contributed by atoms with Gasteiger partial charge in [-0.1, -0.05) is 6.07 Å². The second-order valence-corrected chi connectivity index (χ2v) is 4.99. The van der Waals surface area contributed by atoms with Crippen LogP contribution in [0.3, 0.4) is 0 Å². The lowest BCUT2D eigenvalue weighted by atomic mass is 10.2. The highest BCUT2D eigenvalue weighted by Crippen LogP contribution is 2.18. The number of H-pyrrole nitrogens is 1. The molecule has 0 spiro atoms. The predicted molar refractivity (Wildman–Crippen MR) is 71.7 cm³/mol. The van der Waals surface area contributed by atoms with E-state index in [0.717, 1.165) is 22.4 Å². The zero-order valence-corrected chi connectivity index (χ0v) is 10.9. The van der Waals surface area contributed by atoms with E-state index in [4.69, 9.17) is 4.74 Å². The number of hydrogen-bond acceptors (Lipinski definition) is 4. The number of fused-ring (bicyclic) bond motifs is 1. The van der Waals surface area contributed by atoms with Crippen LogP contribution in [0.15, 0.2) is 18.2 Å². The van der Waals surface area contributed by atoms with Gasteiger partial charge in [0.15, 0.2) is 0 Å². The average Bonchev–Trinajstić information content (AvgIpc) is 3.14. The van der Waals surface area contributed by atoms with Gasteiger partial charge in [0.1, 0.15) is 12.4 Å². The highest BCUT2D eigenvalue weighted by atomic mass is 16.5. The van der Waals surface area contributed by atoms with Crippen molar-refractivity contribution < 1.29 is 9.53 Å². The number of aromatic amines is 1. The Kier molecular flexibility index (Phi) is 3.21. The van der Waals surface area contributed by atoms with E-state index < -0.39 is 0 Å². The summed E-state index contributed by atoms with van der Waals surface area (Å²) in [5.74, 6) is 0.686. The fourth-order valence-corrected chi connectivity index (χ4v) is 2.00.